The van der Waals surface area contributed by atoms with E-state index in [1.54, 1.807) is 12.1 Å². The van der Waals surface area contributed by atoms with Crippen molar-refractivity contribution in [1.29, 1.82) is 5.26 Å². The monoisotopic (exact) mass is 271 g/mol. The number of carbonyl (C=O) groups excluding carboxylic acids is 1. The van der Waals surface area contributed by atoms with Crippen LogP contribution >= 0.6 is 11.3 Å². The van der Waals surface area contributed by atoms with Crippen molar-refractivity contribution in [3.63, 3.8) is 0 Å². The van der Waals surface area contributed by atoms with E-state index in [0.29, 0.717) is 23.5 Å². The first-order valence-corrected chi connectivity index (χ1v) is 6.76. The van der Waals surface area contributed by atoms with Crippen molar-refractivity contribution in [3.8, 4) is 6.07 Å². The highest BCUT2D eigenvalue weighted by Gasteiger charge is 2.05. The van der Waals surface area contributed by atoms with Crippen LogP contribution in [0.1, 0.15) is 23.2 Å². The molecule has 96 valence electrons. The molecule has 1 amide bonds. The number of thiazole rings is 1. The van der Waals surface area contributed by atoms with Crippen molar-refractivity contribution in [2.24, 2.45) is 0 Å². The van der Waals surface area contributed by atoms with Gasteiger partial charge in [0.2, 0.25) is 5.91 Å². The molecule has 1 aromatic heterocycles. The number of anilines is 1. The first-order valence-electron chi connectivity index (χ1n) is 5.88. The molecule has 0 fully saturated rings. The van der Waals surface area contributed by atoms with Crippen LogP contribution in [0.3, 0.4) is 0 Å². The molecule has 1 aromatic carbocycles. The van der Waals surface area contributed by atoms with Gasteiger partial charge in [0.25, 0.3) is 0 Å². The molecule has 0 atom stereocenters. The third-order valence-corrected chi connectivity index (χ3v) is 3.46. The number of amides is 1. The van der Waals surface area contributed by atoms with Gasteiger partial charge in [-0.25, -0.2) is 4.98 Å². The summed E-state index contributed by atoms with van der Waals surface area (Å²) >= 11 is 1.43. The molecule has 0 saturated heterocycles. The second-order valence-electron chi connectivity index (χ2n) is 4.15. The molecule has 0 aliphatic rings. The van der Waals surface area contributed by atoms with Crippen LogP contribution in [0, 0.1) is 18.3 Å². The fraction of sp³-hybridized carbons (Fsp3) is 0.214. The van der Waals surface area contributed by atoms with Crippen LogP contribution < -0.4 is 5.32 Å². The van der Waals surface area contributed by atoms with Crippen molar-refractivity contribution in [2.45, 2.75) is 19.8 Å². The lowest BCUT2D eigenvalue weighted by molar-refractivity contribution is -0.116. The second kappa shape index (κ2) is 6.12. The van der Waals surface area contributed by atoms with Gasteiger partial charge in [-0.1, -0.05) is 12.1 Å². The highest BCUT2D eigenvalue weighted by Crippen LogP contribution is 2.15. The number of aromatic nitrogens is 1. The molecule has 0 bridgehead atoms. The standard InChI is InChI=1S/C14H13N3OS/c1-10-9-19-14(16-10)17-13(18)7-6-11-2-4-12(8-15)5-3-11/h2-5,9H,6-7H2,1H3,(H,16,17,18). The number of aryl methyl sites for hydroxylation is 2. The third-order valence-electron chi connectivity index (χ3n) is 2.59. The zero-order chi connectivity index (χ0) is 13.7. The summed E-state index contributed by atoms with van der Waals surface area (Å²) in [5, 5.41) is 14.0. The molecular weight excluding hydrogens is 258 g/mol. The molecule has 1 N–H and O–H groups in total. The maximum absolute atomic E-state index is 11.7. The summed E-state index contributed by atoms with van der Waals surface area (Å²) in [5.41, 5.74) is 2.59. The zero-order valence-corrected chi connectivity index (χ0v) is 11.3. The lowest BCUT2D eigenvalue weighted by atomic mass is 10.1. The lowest BCUT2D eigenvalue weighted by Crippen LogP contribution is -2.12. The Morgan fingerprint density at radius 2 is 2.16 bits per heavy atom. The van der Waals surface area contributed by atoms with Gasteiger partial charge in [0.05, 0.1) is 17.3 Å². The number of nitrogens with zero attached hydrogens (tertiary/aromatic N) is 2. The Balaban J connectivity index is 1.84. The van der Waals surface area contributed by atoms with Gasteiger partial charge in [-0.05, 0) is 31.0 Å². The number of hydrogen-bond donors (Lipinski definition) is 1. The van der Waals surface area contributed by atoms with Crippen LogP contribution in [-0.4, -0.2) is 10.9 Å². The number of benzene rings is 1. The molecule has 0 aliphatic carbocycles. The number of nitrogens with one attached hydrogen (secondary N) is 1. The fourth-order valence-electron chi connectivity index (χ4n) is 1.60. The van der Waals surface area contributed by atoms with Gasteiger partial charge in [0.15, 0.2) is 5.13 Å². The summed E-state index contributed by atoms with van der Waals surface area (Å²) in [5.74, 6) is -0.0429. The van der Waals surface area contributed by atoms with Crippen LogP contribution in [0.25, 0.3) is 0 Å². The summed E-state index contributed by atoms with van der Waals surface area (Å²) in [6, 6.07) is 9.34. The van der Waals surface area contributed by atoms with Crippen LogP contribution in [0.4, 0.5) is 5.13 Å². The van der Waals surface area contributed by atoms with Crippen molar-refractivity contribution in [1.82, 2.24) is 4.98 Å². The first kappa shape index (κ1) is 13.2. The smallest absolute Gasteiger partial charge is 0.226 e. The van der Waals surface area contributed by atoms with Gasteiger partial charge >= 0.3 is 0 Å². The average Bonchev–Trinajstić information content (AvgIpc) is 2.82. The maximum Gasteiger partial charge on any atom is 0.226 e. The topological polar surface area (TPSA) is 65.8 Å². The predicted molar refractivity (Wildman–Crippen MR) is 75.0 cm³/mol. The average molecular weight is 271 g/mol. The minimum absolute atomic E-state index is 0.0429. The van der Waals surface area contributed by atoms with E-state index in [4.69, 9.17) is 5.26 Å². The Labute approximate surface area is 115 Å². The van der Waals surface area contributed by atoms with E-state index in [2.05, 4.69) is 16.4 Å². The molecule has 0 radical (unpaired) electrons. The normalized spacial score (nSPS) is 9.89. The van der Waals surface area contributed by atoms with Crippen LogP contribution in [0.2, 0.25) is 0 Å². The molecule has 0 spiro atoms. The summed E-state index contributed by atoms with van der Waals surface area (Å²) in [4.78, 5) is 15.9. The van der Waals surface area contributed by atoms with Crippen molar-refractivity contribution in [2.75, 3.05) is 5.32 Å². The zero-order valence-electron chi connectivity index (χ0n) is 10.5. The third kappa shape index (κ3) is 3.90. The number of hydrogen-bond acceptors (Lipinski definition) is 4. The minimum atomic E-state index is -0.0429. The van der Waals surface area contributed by atoms with Gasteiger partial charge in [-0.15, -0.1) is 11.3 Å². The summed E-state index contributed by atoms with van der Waals surface area (Å²) in [6.45, 7) is 1.89. The molecule has 0 saturated carbocycles. The SMILES string of the molecule is Cc1csc(NC(=O)CCc2ccc(C#N)cc2)n1. The number of carbonyl (C=O) groups is 1. The lowest BCUT2D eigenvalue weighted by Gasteiger charge is -2.02. The van der Waals surface area contributed by atoms with Crippen LogP contribution in [0.15, 0.2) is 29.6 Å². The van der Waals surface area contributed by atoms with Gasteiger partial charge in [0, 0.05) is 11.8 Å². The number of rotatable bonds is 4. The Morgan fingerprint density at radius 1 is 1.42 bits per heavy atom. The van der Waals surface area contributed by atoms with Crippen molar-refractivity contribution < 1.29 is 4.79 Å². The van der Waals surface area contributed by atoms with E-state index in [1.165, 1.54) is 11.3 Å². The van der Waals surface area contributed by atoms with Crippen LogP contribution in [-0.2, 0) is 11.2 Å². The van der Waals surface area contributed by atoms with E-state index in [-0.39, 0.29) is 5.91 Å². The van der Waals surface area contributed by atoms with E-state index >= 15 is 0 Å². The summed E-state index contributed by atoms with van der Waals surface area (Å²) in [7, 11) is 0. The molecule has 19 heavy (non-hydrogen) atoms. The largest absolute Gasteiger partial charge is 0.302 e. The highest BCUT2D eigenvalue weighted by molar-refractivity contribution is 7.13. The Bertz CT molecular complexity index is 610. The second-order valence-corrected chi connectivity index (χ2v) is 5.01. The summed E-state index contributed by atoms with van der Waals surface area (Å²) in [6.07, 6.45) is 1.06. The Kier molecular flexibility index (Phi) is 4.26. The Morgan fingerprint density at radius 3 is 2.74 bits per heavy atom. The number of nitriles is 1. The predicted octanol–water partition coefficient (Wildman–Crippen LogP) is 2.89. The van der Waals surface area contributed by atoms with E-state index < -0.39 is 0 Å². The Hall–Kier alpha value is -2.19. The molecule has 4 nitrogen and oxygen atoms in total. The molecule has 0 aliphatic heterocycles. The van der Waals surface area contributed by atoms with E-state index in [0.717, 1.165) is 11.3 Å². The van der Waals surface area contributed by atoms with Gasteiger partial charge in [-0.3, -0.25) is 4.79 Å². The van der Waals surface area contributed by atoms with E-state index in [9.17, 15) is 4.79 Å². The molecule has 5 heteroatoms. The van der Waals surface area contributed by atoms with Crippen molar-refractivity contribution in [3.05, 3.63) is 46.5 Å². The van der Waals surface area contributed by atoms with Crippen LogP contribution in [0.5, 0.6) is 0 Å². The van der Waals surface area contributed by atoms with E-state index in [1.807, 2.05) is 24.4 Å². The molecule has 2 rings (SSSR count). The molecule has 0 unspecified atom stereocenters. The van der Waals surface area contributed by atoms with Gasteiger partial charge in [-0.2, -0.15) is 5.26 Å². The van der Waals surface area contributed by atoms with Crippen molar-refractivity contribution >= 4 is 22.4 Å². The molecular formula is C14H13N3OS. The minimum Gasteiger partial charge on any atom is -0.302 e. The maximum atomic E-state index is 11.7. The quantitative estimate of drug-likeness (QED) is 0.929. The highest BCUT2D eigenvalue weighted by atomic mass is 32.1. The first-order chi connectivity index (χ1) is 9.17. The van der Waals surface area contributed by atoms with Gasteiger partial charge in [0.1, 0.15) is 0 Å². The van der Waals surface area contributed by atoms with Gasteiger partial charge < -0.3 is 5.32 Å². The molecule has 1 heterocycles. The summed E-state index contributed by atoms with van der Waals surface area (Å²) < 4.78 is 0. The fourth-order valence-corrected chi connectivity index (χ4v) is 2.30. The molecule has 2 aromatic rings.